The molecule has 1 aromatic heterocycles. The van der Waals surface area contributed by atoms with E-state index in [0.29, 0.717) is 18.9 Å². The minimum Gasteiger partial charge on any atom is -0.373 e. The summed E-state index contributed by atoms with van der Waals surface area (Å²) in [7, 11) is -3.53. The van der Waals surface area contributed by atoms with E-state index >= 15 is 0 Å². The van der Waals surface area contributed by atoms with E-state index in [2.05, 4.69) is 10.4 Å². The van der Waals surface area contributed by atoms with E-state index in [9.17, 15) is 8.42 Å². The number of nitrogens with zero attached hydrogens (tertiary/aromatic N) is 2. The van der Waals surface area contributed by atoms with Crippen LogP contribution in [0.3, 0.4) is 0 Å². The molecule has 8 heteroatoms. The van der Waals surface area contributed by atoms with Crippen molar-refractivity contribution in [2.24, 2.45) is 5.84 Å². The first kappa shape index (κ1) is 14.2. The summed E-state index contributed by atoms with van der Waals surface area (Å²) >= 11 is 0. The quantitative estimate of drug-likeness (QED) is 0.607. The molecule has 2 atom stereocenters. The standard InChI is InChI=1S/C11H18N4O3S/c1-8-6-15(7-9(2)18-8)19(16,17)10-3-4-11(14-12)13-5-10/h3-5,8-9H,6-7,12H2,1-2H3,(H,13,14)/t8-,9+. The molecule has 2 heterocycles. The van der Waals surface area contributed by atoms with Crippen LogP contribution in [0.25, 0.3) is 0 Å². The smallest absolute Gasteiger partial charge is 0.244 e. The van der Waals surface area contributed by atoms with Crippen LogP contribution >= 0.6 is 0 Å². The summed E-state index contributed by atoms with van der Waals surface area (Å²) in [5.41, 5.74) is 2.36. The van der Waals surface area contributed by atoms with E-state index in [-0.39, 0.29) is 17.1 Å². The Morgan fingerprint density at radius 2 is 2.00 bits per heavy atom. The van der Waals surface area contributed by atoms with Gasteiger partial charge in [0.25, 0.3) is 0 Å². The van der Waals surface area contributed by atoms with Gasteiger partial charge in [-0.2, -0.15) is 4.31 Å². The van der Waals surface area contributed by atoms with Crippen molar-refractivity contribution in [2.75, 3.05) is 18.5 Å². The molecule has 1 aliphatic rings. The highest BCUT2D eigenvalue weighted by molar-refractivity contribution is 7.89. The van der Waals surface area contributed by atoms with Crippen molar-refractivity contribution in [1.29, 1.82) is 0 Å². The molecule has 0 aliphatic carbocycles. The molecule has 1 fully saturated rings. The van der Waals surface area contributed by atoms with Crippen molar-refractivity contribution in [3.63, 3.8) is 0 Å². The number of nitrogens with two attached hydrogens (primary N) is 1. The monoisotopic (exact) mass is 286 g/mol. The van der Waals surface area contributed by atoms with Gasteiger partial charge in [0.1, 0.15) is 10.7 Å². The van der Waals surface area contributed by atoms with Gasteiger partial charge in [0, 0.05) is 19.3 Å². The van der Waals surface area contributed by atoms with E-state index in [4.69, 9.17) is 10.6 Å². The van der Waals surface area contributed by atoms with Crippen LogP contribution in [0.15, 0.2) is 23.2 Å². The normalized spacial score (nSPS) is 25.2. The molecule has 0 saturated carbocycles. The largest absolute Gasteiger partial charge is 0.373 e. The van der Waals surface area contributed by atoms with E-state index < -0.39 is 10.0 Å². The Morgan fingerprint density at radius 1 is 1.37 bits per heavy atom. The predicted molar refractivity (Wildman–Crippen MR) is 70.8 cm³/mol. The highest BCUT2D eigenvalue weighted by Gasteiger charge is 2.32. The summed E-state index contributed by atoms with van der Waals surface area (Å²) in [6.45, 7) is 4.42. The molecule has 106 valence electrons. The van der Waals surface area contributed by atoms with Crippen LogP contribution in [0.1, 0.15) is 13.8 Å². The number of rotatable bonds is 3. The third-order valence-corrected chi connectivity index (χ3v) is 4.72. The number of anilines is 1. The number of sulfonamides is 1. The third kappa shape index (κ3) is 3.03. The fourth-order valence-corrected chi connectivity index (χ4v) is 3.63. The topological polar surface area (TPSA) is 97.6 Å². The average Bonchev–Trinajstić information content (AvgIpc) is 2.37. The minimum absolute atomic E-state index is 0.114. The van der Waals surface area contributed by atoms with Gasteiger partial charge in [-0.3, -0.25) is 0 Å². The second kappa shape index (κ2) is 5.41. The number of hydrogen-bond acceptors (Lipinski definition) is 6. The van der Waals surface area contributed by atoms with Gasteiger partial charge in [0.2, 0.25) is 10.0 Å². The molecule has 0 amide bonds. The van der Waals surface area contributed by atoms with Crippen LogP contribution in [-0.4, -0.2) is 43.0 Å². The molecule has 0 radical (unpaired) electrons. The number of hydrogen-bond donors (Lipinski definition) is 2. The second-order valence-corrected chi connectivity index (χ2v) is 6.54. The Kier molecular flexibility index (Phi) is 4.04. The van der Waals surface area contributed by atoms with Gasteiger partial charge < -0.3 is 10.2 Å². The van der Waals surface area contributed by atoms with Gasteiger partial charge in [0.05, 0.1) is 12.2 Å². The highest BCUT2D eigenvalue weighted by Crippen LogP contribution is 2.21. The Labute approximate surface area is 112 Å². The third-order valence-electron chi connectivity index (χ3n) is 2.91. The fourth-order valence-electron chi connectivity index (χ4n) is 2.09. The van der Waals surface area contributed by atoms with Crippen LogP contribution in [0.5, 0.6) is 0 Å². The lowest BCUT2D eigenvalue weighted by Crippen LogP contribution is -2.48. The van der Waals surface area contributed by atoms with Crippen LogP contribution in [0, 0.1) is 0 Å². The maximum Gasteiger partial charge on any atom is 0.244 e. The molecule has 1 aromatic rings. The molecule has 1 aliphatic heterocycles. The van der Waals surface area contributed by atoms with Crippen molar-refractivity contribution < 1.29 is 13.2 Å². The van der Waals surface area contributed by atoms with E-state index in [1.807, 2.05) is 13.8 Å². The van der Waals surface area contributed by atoms with Gasteiger partial charge in [-0.1, -0.05) is 0 Å². The van der Waals surface area contributed by atoms with Gasteiger partial charge in [-0.05, 0) is 26.0 Å². The molecule has 2 rings (SSSR count). The van der Waals surface area contributed by atoms with Gasteiger partial charge >= 0.3 is 0 Å². The fraction of sp³-hybridized carbons (Fsp3) is 0.545. The zero-order valence-corrected chi connectivity index (χ0v) is 11.7. The first-order valence-electron chi connectivity index (χ1n) is 6.01. The van der Waals surface area contributed by atoms with Crippen LogP contribution < -0.4 is 11.3 Å². The number of pyridine rings is 1. The Bertz CT molecular complexity index is 521. The number of hydrazine groups is 1. The molecular formula is C11H18N4O3S. The number of morpholine rings is 1. The number of nitrogens with one attached hydrogen (secondary N) is 1. The molecule has 1 saturated heterocycles. The summed E-state index contributed by atoms with van der Waals surface area (Å²) in [6.07, 6.45) is 1.07. The van der Waals surface area contributed by atoms with Crippen LogP contribution in [0.2, 0.25) is 0 Å². The first-order chi connectivity index (χ1) is 8.93. The molecule has 3 N–H and O–H groups in total. The summed E-state index contributed by atoms with van der Waals surface area (Å²) in [4.78, 5) is 4.08. The predicted octanol–water partition coefficient (Wildman–Crippen LogP) is 0.165. The number of nitrogen functional groups attached to an aromatic ring is 1. The Morgan fingerprint density at radius 3 is 2.47 bits per heavy atom. The molecule has 19 heavy (non-hydrogen) atoms. The van der Waals surface area contributed by atoms with Crippen molar-refractivity contribution >= 4 is 15.8 Å². The lowest BCUT2D eigenvalue weighted by Gasteiger charge is -2.34. The van der Waals surface area contributed by atoms with E-state index in [1.54, 1.807) is 0 Å². The molecule has 0 bridgehead atoms. The zero-order valence-electron chi connectivity index (χ0n) is 10.9. The van der Waals surface area contributed by atoms with Crippen LogP contribution in [0.4, 0.5) is 5.82 Å². The van der Waals surface area contributed by atoms with Crippen molar-refractivity contribution in [3.8, 4) is 0 Å². The highest BCUT2D eigenvalue weighted by atomic mass is 32.2. The Hall–Kier alpha value is -1.22. The van der Waals surface area contributed by atoms with E-state index in [0.717, 1.165) is 0 Å². The second-order valence-electron chi connectivity index (χ2n) is 4.60. The van der Waals surface area contributed by atoms with E-state index in [1.165, 1.54) is 22.6 Å². The van der Waals surface area contributed by atoms with Gasteiger partial charge in [0.15, 0.2) is 0 Å². The van der Waals surface area contributed by atoms with Crippen molar-refractivity contribution in [3.05, 3.63) is 18.3 Å². The maximum absolute atomic E-state index is 12.5. The molecule has 7 nitrogen and oxygen atoms in total. The summed E-state index contributed by atoms with van der Waals surface area (Å²) in [5.74, 6) is 5.62. The lowest BCUT2D eigenvalue weighted by molar-refractivity contribution is -0.0440. The average molecular weight is 286 g/mol. The molecular weight excluding hydrogens is 268 g/mol. The zero-order chi connectivity index (χ0) is 14.0. The lowest BCUT2D eigenvalue weighted by atomic mass is 10.3. The van der Waals surface area contributed by atoms with Crippen LogP contribution in [-0.2, 0) is 14.8 Å². The van der Waals surface area contributed by atoms with Crippen molar-refractivity contribution in [1.82, 2.24) is 9.29 Å². The number of aromatic nitrogens is 1. The maximum atomic E-state index is 12.5. The summed E-state index contributed by atoms with van der Waals surface area (Å²) in [5, 5.41) is 0. The molecule has 0 unspecified atom stereocenters. The van der Waals surface area contributed by atoms with Gasteiger partial charge in [-0.25, -0.2) is 19.2 Å². The SMILES string of the molecule is C[C@@H]1CN(S(=O)(=O)c2ccc(NN)nc2)C[C@H](C)O1. The Balaban J connectivity index is 2.25. The summed E-state index contributed by atoms with van der Waals surface area (Å²) < 4.78 is 31.9. The molecule has 0 spiro atoms. The van der Waals surface area contributed by atoms with Gasteiger partial charge in [-0.15, -0.1) is 0 Å². The number of ether oxygens (including phenoxy) is 1. The minimum atomic E-state index is -3.53. The van der Waals surface area contributed by atoms with Crippen molar-refractivity contribution in [2.45, 2.75) is 31.0 Å². The first-order valence-corrected chi connectivity index (χ1v) is 7.45. The summed E-state index contributed by atoms with van der Waals surface area (Å²) in [6, 6.07) is 3.02. The molecule has 0 aromatic carbocycles.